The normalized spacial score (nSPS) is 18.0. The van der Waals surface area contributed by atoms with Gasteiger partial charge >= 0.3 is 5.97 Å². The zero-order chi connectivity index (χ0) is 22.2. The van der Waals surface area contributed by atoms with Crippen LogP contribution in [0.3, 0.4) is 0 Å². The number of nitrogens with zero attached hydrogens (tertiary/aromatic N) is 3. The van der Waals surface area contributed by atoms with Crippen molar-refractivity contribution in [3.8, 4) is 17.4 Å². The number of carbonyl (C=O) groups excluding carboxylic acids is 1. The minimum atomic E-state index is -0.170. The molecular weight excluding hydrogens is 523 g/mol. The molecule has 0 radical (unpaired) electrons. The lowest BCUT2D eigenvalue weighted by Gasteiger charge is -2.21. The molecule has 1 aliphatic rings. The van der Waals surface area contributed by atoms with E-state index in [-0.39, 0.29) is 41.8 Å². The zero-order valence-electron chi connectivity index (χ0n) is 18.9. The second-order valence-electron chi connectivity index (χ2n) is 7.40. The SMILES string of the molecule is CCOc1ccccc1Oc1ccc(CNC(=NC)N2CC(C)C(C(=O)OC)C2)cn1.I. The number of methoxy groups -OCH3 is 1. The van der Waals surface area contributed by atoms with Crippen LogP contribution in [0.1, 0.15) is 19.4 Å². The summed E-state index contributed by atoms with van der Waals surface area (Å²) in [5, 5.41) is 3.34. The van der Waals surface area contributed by atoms with Crippen LogP contribution in [0.15, 0.2) is 47.6 Å². The second kappa shape index (κ2) is 12.5. The molecule has 1 aliphatic heterocycles. The van der Waals surface area contributed by atoms with Crippen molar-refractivity contribution in [2.24, 2.45) is 16.8 Å². The maximum Gasteiger partial charge on any atom is 0.310 e. The molecule has 2 heterocycles. The number of aromatic nitrogens is 1. The van der Waals surface area contributed by atoms with Gasteiger partial charge in [0.05, 0.1) is 19.6 Å². The van der Waals surface area contributed by atoms with Gasteiger partial charge in [-0.25, -0.2) is 4.98 Å². The molecule has 8 nitrogen and oxygen atoms in total. The van der Waals surface area contributed by atoms with Crippen molar-refractivity contribution in [3.63, 3.8) is 0 Å². The first-order valence-corrected chi connectivity index (χ1v) is 10.4. The number of guanidine groups is 1. The van der Waals surface area contributed by atoms with Crippen molar-refractivity contribution in [2.45, 2.75) is 20.4 Å². The number of benzene rings is 1. The van der Waals surface area contributed by atoms with Crippen molar-refractivity contribution >= 4 is 35.9 Å². The first-order valence-electron chi connectivity index (χ1n) is 10.4. The quantitative estimate of drug-likeness (QED) is 0.242. The van der Waals surface area contributed by atoms with Crippen molar-refractivity contribution in [2.75, 3.05) is 33.9 Å². The van der Waals surface area contributed by atoms with E-state index in [1.807, 2.05) is 43.3 Å². The number of ether oxygens (including phenoxy) is 3. The molecule has 1 saturated heterocycles. The number of para-hydroxylation sites is 2. The molecule has 0 amide bonds. The molecule has 0 spiro atoms. The van der Waals surface area contributed by atoms with Crippen LogP contribution in [0.2, 0.25) is 0 Å². The molecule has 2 aromatic rings. The lowest BCUT2D eigenvalue weighted by molar-refractivity contribution is -0.145. The number of aliphatic imine (C=N–C) groups is 1. The molecule has 1 aromatic heterocycles. The molecular formula is C23H31IN4O4. The van der Waals surface area contributed by atoms with Gasteiger partial charge in [0.1, 0.15) is 0 Å². The number of pyridine rings is 1. The summed E-state index contributed by atoms with van der Waals surface area (Å²) >= 11 is 0. The van der Waals surface area contributed by atoms with Gasteiger partial charge in [0.2, 0.25) is 5.88 Å². The topological polar surface area (TPSA) is 85.3 Å². The number of nitrogens with one attached hydrogen (secondary N) is 1. The maximum atomic E-state index is 11.9. The number of esters is 1. The van der Waals surface area contributed by atoms with E-state index in [1.165, 1.54) is 7.11 Å². The summed E-state index contributed by atoms with van der Waals surface area (Å²) in [6.07, 6.45) is 1.77. The average molecular weight is 554 g/mol. The summed E-state index contributed by atoms with van der Waals surface area (Å²) < 4.78 is 16.4. The van der Waals surface area contributed by atoms with Gasteiger partial charge in [0.25, 0.3) is 0 Å². The molecule has 3 rings (SSSR count). The number of carbonyl (C=O) groups is 1. The van der Waals surface area contributed by atoms with Crippen LogP contribution in [0.25, 0.3) is 0 Å². The molecule has 0 aliphatic carbocycles. The third kappa shape index (κ3) is 6.47. The van der Waals surface area contributed by atoms with Crippen LogP contribution in [0, 0.1) is 11.8 Å². The van der Waals surface area contributed by atoms with Crippen molar-refractivity contribution in [1.82, 2.24) is 15.2 Å². The van der Waals surface area contributed by atoms with Crippen LogP contribution in [0.4, 0.5) is 0 Å². The molecule has 32 heavy (non-hydrogen) atoms. The standard InChI is InChI=1S/C23H30N4O4.HI/c1-5-30-19-8-6-7-9-20(19)31-21-11-10-17(12-25-21)13-26-23(24-3)27-14-16(2)18(15-27)22(28)29-4;/h6-12,16,18H,5,13-15H2,1-4H3,(H,24,26);1H. The predicted molar refractivity (Wildman–Crippen MR) is 134 cm³/mol. The van der Waals surface area contributed by atoms with E-state index in [9.17, 15) is 4.79 Å². The van der Waals surface area contributed by atoms with Gasteiger partial charge in [-0.15, -0.1) is 24.0 Å². The van der Waals surface area contributed by atoms with Crippen LogP contribution >= 0.6 is 24.0 Å². The molecule has 0 bridgehead atoms. The lowest BCUT2D eigenvalue weighted by atomic mass is 9.99. The van der Waals surface area contributed by atoms with Crippen LogP contribution in [-0.2, 0) is 16.1 Å². The third-order valence-electron chi connectivity index (χ3n) is 5.24. The first kappa shape index (κ1) is 25.7. The highest BCUT2D eigenvalue weighted by atomic mass is 127. The molecule has 174 valence electrons. The highest BCUT2D eigenvalue weighted by molar-refractivity contribution is 14.0. The van der Waals surface area contributed by atoms with Crippen molar-refractivity contribution in [3.05, 3.63) is 48.2 Å². The van der Waals surface area contributed by atoms with Gasteiger partial charge in [-0.3, -0.25) is 9.79 Å². The van der Waals surface area contributed by atoms with Crippen LogP contribution in [0.5, 0.6) is 17.4 Å². The smallest absolute Gasteiger partial charge is 0.310 e. The Labute approximate surface area is 206 Å². The van der Waals surface area contributed by atoms with E-state index in [1.54, 1.807) is 13.2 Å². The summed E-state index contributed by atoms with van der Waals surface area (Å²) in [6, 6.07) is 11.3. The molecule has 1 fully saturated rings. The Bertz CT molecular complexity index is 907. The Kier molecular flexibility index (Phi) is 10.0. The number of rotatable bonds is 7. The Morgan fingerprint density at radius 3 is 2.59 bits per heavy atom. The van der Waals surface area contributed by atoms with E-state index in [2.05, 4.69) is 27.1 Å². The second-order valence-corrected chi connectivity index (χ2v) is 7.40. The van der Waals surface area contributed by atoms with Gasteiger partial charge in [-0.2, -0.15) is 0 Å². The fourth-order valence-corrected chi connectivity index (χ4v) is 3.61. The van der Waals surface area contributed by atoms with Gasteiger partial charge < -0.3 is 24.4 Å². The van der Waals surface area contributed by atoms with E-state index in [0.717, 1.165) is 18.1 Å². The summed E-state index contributed by atoms with van der Waals surface area (Å²) in [5.74, 6) is 2.47. The minimum Gasteiger partial charge on any atom is -0.490 e. The monoisotopic (exact) mass is 554 g/mol. The number of hydrogen-bond donors (Lipinski definition) is 1. The molecule has 1 aromatic carbocycles. The molecule has 2 unspecified atom stereocenters. The van der Waals surface area contributed by atoms with Gasteiger partial charge in [-0.1, -0.05) is 25.1 Å². The van der Waals surface area contributed by atoms with Crippen molar-refractivity contribution in [1.29, 1.82) is 0 Å². The van der Waals surface area contributed by atoms with E-state index in [4.69, 9.17) is 14.2 Å². The Morgan fingerprint density at radius 1 is 1.22 bits per heavy atom. The predicted octanol–water partition coefficient (Wildman–Crippen LogP) is 3.71. The van der Waals surface area contributed by atoms with E-state index >= 15 is 0 Å². The highest BCUT2D eigenvalue weighted by Crippen LogP contribution is 2.30. The summed E-state index contributed by atoms with van der Waals surface area (Å²) in [7, 11) is 3.17. The largest absolute Gasteiger partial charge is 0.490 e. The lowest BCUT2D eigenvalue weighted by Crippen LogP contribution is -2.40. The third-order valence-corrected chi connectivity index (χ3v) is 5.24. The molecule has 2 atom stereocenters. The zero-order valence-corrected chi connectivity index (χ0v) is 21.2. The minimum absolute atomic E-state index is 0. The molecule has 1 N–H and O–H groups in total. The highest BCUT2D eigenvalue weighted by Gasteiger charge is 2.36. The van der Waals surface area contributed by atoms with Gasteiger partial charge in [-0.05, 0) is 30.5 Å². The van der Waals surface area contributed by atoms with Gasteiger partial charge in [0, 0.05) is 38.9 Å². The molecule has 0 saturated carbocycles. The Hall–Kier alpha value is -2.56. The Balaban J connectivity index is 0.00000363. The summed E-state index contributed by atoms with van der Waals surface area (Å²) in [4.78, 5) is 22.8. The first-order chi connectivity index (χ1) is 15.0. The summed E-state index contributed by atoms with van der Waals surface area (Å²) in [5.41, 5.74) is 0.989. The fraction of sp³-hybridized carbons (Fsp3) is 0.435. The fourth-order valence-electron chi connectivity index (χ4n) is 3.61. The maximum absolute atomic E-state index is 11.9. The Morgan fingerprint density at radius 2 is 1.97 bits per heavy atom. The van der Waals surface area contributed by atoms with Gasteiger partial charge in [0.15, 0.2) is 17.5 Å². The molecule has 9 heteroatoms. The number of hydrogen-bond acceptors (Lipinski definition) is 6. The number of halogens is 1. The van der Waals surface area contributed by atoms with Crippen molar-refractivity contribution < 1.29 is 19.0 Å². The average Bonchev–Trinajstić information content (AvgIpc) is 3.17. The number of likely N-dealkylation sites (tertiary alicyclic amines) is 1. The van der Waals surface area contributed by atoms with E-state index in [0.29, 0.717) is 37.1 Å². The van der Waals surface area contributed by atoms with E-state index < -0.39 is 0 Å². The van der Waals surface area contributed by atoms with Crippen LogP contribution in [-0.4, -0.2) is 55.7 Å². The summed E-state index contributed by atoms with van der Waals surface area (Å²) in [6.45, 7) is 6.46. The van der Waals surface area contributed by atoms with Crippen LogP contribution < -0.4 is 14.8 Å².